The minimum Gasteiger partial charge on any atom is -0.493 e. The molecule has 0 saturated heterocycles. The van der Waals surface area contributed by atoms with Crippen LogP contribution in [0.3, 0.4) is 0 Å². The fourth-order valence-corrected chi connectivity index (χ4v) is 5.01. The number of hydrogen-bond donors (Lipinski definition) is 0. The Balaban J connectivity index is 1.17. The van der Waals surface area contributed by atoms with Crippen molar-refractivity contribution in [2.75, 3.05) is 6.61 Å². The Hall–Kier alpha value is -2.58. The SMILES string of the molecule is Cc1cc(CCOc2ccc3c(c2)CN(C2CC(C)C2)C3)ccc1-c1ccccc1. The molecule has 3 aromatic rings. The summed E-state index contributed by atoms with van der Waals surface area (Å²) < 4.78 is 6.12. The van der Waals surface area contributed by atoms with Crippen LogP contribution in [-0.4, -0.2) is 17.5 Å². The normalized spacial score (nSPS) is 20.6. The van der Waals surface area contributed by atoms with Crippen LogP contribution in [0.15, 0.2) is 66.7 Å². The predicted octanol–water partition coefficient (Wildman–Crippen LogP) is 6.40. The van der Waals surface area contributed by atoms with Gasteiger partial charge in [0.15, 0.2) is 0 Å². The molecule has 2 nitrogen and oxygen atoms in total. The summed E-state index contributed by atoms with van der Waals surface area (Å²) in [6.45, 7) is 7.47. The summed E-state index contributed by atoms with van der Waals surface area (Å²) in [6, 6.07) is 24.8. The number of benzene rings is 3. The van der Waals surface area contributed by atoms with Gasteiger partial charge < -0.3 is 4.74 Å². The minimum absolute atomic E-state index is 0.715. The lowest BCUT2D eigenvalue weighted by atomic mass is 9.81. The molecule has 0 N–H and O–H groups in total. The van der Waals surface area contributed by atoms with E-state index in [2.05, 4.69) is 85.5 Å². The van der Waals surface area contributed by atoms with Crippen molar-refractivity contribution < 1.29 is 4.74 Å². The zero-order chi connectivity index (χ0) is 20.5. The first-order valence-electron chi connectivity index (χ1n) is 11.3. The molecular formula is C28H31NO. The van der Waals surface area contributed by atoms with Crippen molar-refractivity contribution in [2.24, 2.45) is 5.92 Å². The average molecular weight is 398 g/mol. The van der Waals surface area contributed by atoms with Gasteiger partial charge in [0.1, 0.15) is 5.75 Å². The summed E-state index contributed by atoms with van der Waals surface area (Å²) >= 11 is 0. The molecule has 0 spiro atoms. The summed E-state index contributed by atoms with van der Waals surface area (Å²) in [4.78, 5) is 2.64. The molecular weight excluding hydrogens is 366 g/mol. The van der Waals surface area contributed by atoms with E-state index in [1.807, 2.05) is 0 Å². The molecule has 3 aromatic carbocycles. The Morgan fingerprint density at radius 3 is 2.47 bits per heavy atom. The van der Waals surface area contributed by atoms with E-state index in [0.717, 1.165) is 37.2 Å². The van der Waals surface area contributed by atoms with Gasteiger partial charge in [-0.25, -0.2) is 0 Å². The summed E-state index contributed by atoms with van der Waals surface area (Å²) in [5.74, 6) is 1.92. The van der Waals surface area contributed by atoms with Gasteiger partial charge in [-0.1, -0.05) is 61.5 Å². The molecule has 0 bridgehead atoms. The Morgan fingerprint density at radius 1 is 0.900 bits per heavy atom. The van der Waals surface area contributed by atoms with Crippen molar-refractivity contribution in [3.05, 3.63) is 89.0 Å². The molecule has 154 valence electrons. The second kappa shape index (κ2) is 8.28. The smallest absolute Gasteiger partial charge is 0.119 e. The van der Waals surface area contributed by atoms with E-state index in [4.69, 9.17) is 4.74 Å². The third-order valence-electron chi connectivity index (χ3n) is 6.82. The van der Waals surface area contributed by atoms with Gasteiger partial charge in [0.25, 0.3) is 0 Å². The van der Waals surface area contributed by atoms with Gasteiger partial charge in [-0.05, 0) is 71.2 Å². The van der Waals surface area contributed by atoms with E-state index in [1.165, 1.54) is 46.2 Å². The maximum atomic E-state index is 6.12. The summed E-state index contributed by atoms with van der Waals surface area (Å²) in [7, 11) is 0. The van der Waals surface area contributed by atoms with Crippen molar-refractivity contribution in [1.82, 2.24) is 4.90 Å². The van der Waals surface area contributed by atoms with Crippen molar-refractivity contribution in [1.29, 1.82) is 0 Å². The monoisotopic (exact) mass is 397 g/mol. The Morgan fingerprint density at radius 2 is 1.70 bits per heavy atom. The topological polar surface area (TPSA) is 12.5 Å². The number of aryl methyl sites for hydroxylation is 1. The molecule has 30 heavy (non-hydrogen) atoms. The highest BCUT2D eigenvalue weighted by Gasteiger charge is 2.33. The highest BCUT2D eigenvalue weighted by Crippen LogP contribution is 2.37. The highest BCUT2D eigenvalue weighted by atomic mass is 16.5. The number of fused-ring (bicyclic) bond motifs is 1. The van der Waals surface area contributed by atoms with E-state index >= 15 is 0 Å². The van der Waals surface area contributed by atoms with Crippen LogP contribution in [0.2, 0.25) is 0 Å². The van der Waals surface area contributed by atoms with E-state index in [9.17, 15) is 0 Å². The van der Waals surface area contributed by atoms with Crippen LogP contribution < -0.4 is 4.74 Å². The number of nitrogens with zero attached hydrogens (tertiary/aromatic N) is 1. The number of hydrogen-bond acceptors (Lipinski definition) is 2. The Kier molecular flexibility index (Phi) is 5.35. The van der Waals surface area contributed by atoms with Gasteiger partial charge in [-0.15, -0.1) is 0 Å². The third kappa shape index (κ3) is 4.02. The molecule has 1 aliphatic carbocycles. The van der Waals surface area contributed by atoms with Crippen molar-refractivity contribution >= 4 is 0 Å². The van der Waals surface area contributed by atoms with Gasteiger partial charge in [-0.3, -0.25) is 4.90 Å². The molecule has 1 fully saturated rings. The van der Waals surface area contributed by atoms with E-state index < -0.39 is 0 Å². The lowest BCUT2D eigenvalue weighted by Crippen LogP contribution is -2.40. The predicted molar refractivity (Wildman–Crippen MR) is 124 cm³/mol. The third-order valence-corrected chi connectivity index (χ3v) is 6.82. The first-order chi connectivity index (χ1) is 14.7. The molecule has 0 atom stereocenters. The first kappa shape index (κ1) is 19.4. The Labute approximate surface area is 180 Å². The fourth-order valence-electron chi connectivity index (χ4n) is 5.01. The maximum Gasteiger partial charge on any atom is 0.119 e. The maximum absolute atomic E-state index is 6.12. The second-order valence-corrected chi connectivity index (χ2v) is 9.18. The van der Waals surface area contributed by atoms with Crippen LogP contribution >= 0.6 is 0 Å². The molecule has 1 saturated carbocycles. The van der Waals surface area contributed by atoms with Crippen LogP contribution in [-0.2, 0) is 19.5 Å². The molecule has 2 heteroatoms. The number of rotatable bonds is 6. The van der Waals surface area contributed by atoms with Gasteiger partial charge in [0, 0.05) is 25.6 Å². The largest absolute Gasteiger partial charge is 0.493 e. The second-order valence-electron chi connectivity index (χ2n) is 9.18. The molecule has 0 aromatic heterocycles. The van der Waals surface area contributed by atoms with Crippen LogP contribution in [0, 0.1) is 12.8 Å². The minimum atomic E-state index is 0.715. The van der Waals surface area contributed by atoms with Crippen molar-refractivity contribution in [3.8, 4) is 16.9 Å². The first-order valence-corrected chi connectivity index (χ1v) is 11.3. The van der Waals surface area contributed by atoms with Gasteiger partial charge in [-0.2, -0.15) is 0 Å². The van der Waals surface area contributed by atoms with Crippen molar-refractivity contribution in [2.45, 2.75) is 52.2 Å². The van der Waals surface area contributed by atoms with Crippen molar-refractivity contribution in [3.63, 3.8) is 0 Å². The summed E-state index contributed by atoms with van der Waals surface area (Å²) in [5, 5.41) is 0. The molecule has 1 aliphatic heterocycles. The summed E-state index contributed by atoms with van der Waals surface area (Å²) in [6.07, 6.45) is 3.65. The van der Waals surface area contributed by atoms with Gasteiger partial charge in [0.05, 0.1) is 6.61 Å². The van der Waals surface area contributed by atoms with Gasteiger partial charge in [0.2, 0.25) is 0 Å². The van der Waals surface area contributed by atoms with Crippen LogP contribution in [0.1, 0.15) is 42.0 Å². The van der Waals surface area contributed by atoms with E-state index in [0.29, 0.717) is 6.61 Å². The standard InChI is InChI=1S/C28H31NO/c1-20-14-26(15-20)29-18-24-9-10-27(17-25(24)19-29)30-13-12-22-8-11-28(21(2)16-22)23-6-4-3-5-7-23/h3-11,16-17,20,26H,12-15,18-19H2,1-2H3. The molecule has 2 aliphatic rings. The zero-order valence-electron chi connectivity index (χ0n) is 18.1. The quantitative estimate of drug-likeness (QED) is 0.477. The zero-order valence-corrected chi connectivity index (χ0v) is 18.1. The molecule has 0 radical (unpaired) electrons. The molecule has 0 amide bonds. The van der Waals surface area contributed by atoms with Crippen LogP contribution in [0.25, 0.3) is 11.1 Å². The van der Waals surface area contributed by atoms with E-state index in [-0.39, 0.29) is 0 Å². The van der Waals surface area contributed by atoms with E-state index in [1.54, 1.807) is 0 Å². The highest BCUT2D eigenvalue weighted by molar-refractivity contribution is 5.67. The summed E-state index contributed by atoms with van der Waals surface area (Å²) in [5.41, 5.74) is 8.18. The van der Waals surface area contributed by atoms with Crippen LogP contribution in [0.5, 0.6) is 5.75 Å². The number of ether oxygens (including phenoxy) is 1. The average Bonchev–Trinajstić information content (AvgIpc) is 3.15. The van der Waals surface area contributed by atoms with Gasteiger partial charge >= 0.3 is 0 Å². The molecule has 1 heterocycles. The lowest BCUT2D eigenvalue weighted by Gasteiger charge is -2.39. The molecule has 0 unspecified atom stereocenters. The Bertz CT molecular complexity index is 1020. The van der Waals surface area contributed by atoms with Crippen LogP contribution in [0.4, 0.5) is 0 Å². The fraction of sp³-hybridized carbons (Fsp3) is 0.357. The molecule has 5 rings (SSSR count). The lowest BCUT2D eigenvalue weighted by molar-refractivity contribution is 0.0842.